The molecule has 3 aromatic carbocycles. The topological polar surface area (TPSA) is 88.7 Å². The van der Waals surface area contributed by atoms with E-state index in [4.69, 9.17) is 26.0 Å². The third-order valence-corrected chi connectivity index (χ3v) is 7.25. The lowest BCUT2D eigenvalue weighted by atomic mass is 9.87. The molecule has 194 valence electrons. The fraction of sp³-hybridized carbons (Fsp3) is 0.233. The van der Waals surface area contributed by atoms with Gasteiger partial charge in [-0.05, 0) is 23.3 Å². The van der Waals surface area contributed by atoms with Gasteiger partial charge in [0.05, 0.1) is 0 Å². The Hall–Kier alpha value is -3.94. The van der Waals surface area contributed by atoms with Gasteiger partial charge in [0, 0.05) is 60.6 Å². The van der Waals surface area contributed by atoms with Gasteiger partial charge in [-0.15, -0.1) is 6.58 Å². The van der Waals surface area contributed by atoms with Crippen LogP contribution in [0.5, 0.6) is 0 Å². The van der Waals surface area contributed by atoms with E-state index < -0.39 is 11.8 Å². The van der Waals surface area contributed by atoms with E-state index in [1.807, 2.05) is 60.7 Å². The van der Waals surface area contributed by atoms with Gasteiger partial charge in [-0.1, -0.05) is 83.5 Å². The van der Waals surface area contributed by atoms with E-state index in [-0.39, 0.29) is 0 Å². The first-order valence-electron chi connectivity index (χ1n) is 12.5. The molecule has 0 radical (unpaired) electrons. The first-order chi connectivity index (χ1) is 18.4. The Morgan fingerprint density at radius 3 is 2.42 bits per heavy atom. The van der Waals surface area contributed by atoms with Crippen molar-refractivity contribution in [2.75, 3.05) is 13.1 Å². The third-order valence-electron chi connectivity index (χ3n) is 6.93. The van der Waals surface area contributed by atoms with E-state index >= 15 is 0 Å². The minimum absolute atomic E-state index is 0.408. The van der Waals surface area contributed by atoms with Crippen molar-refractivity contribution in [2.45, 2.75) is 31.4 Å². The van der Waals surface area contributed by atoms with Gasteiger partial charge in [-0.25, -0.2) is 4.79 Å². The second-order valence-corrected chi connectivity index (χ2v) is 9.91. The van der Waals surface area contributed by atoms with Crippen LogP contribution >= 0.6 is 11.6 Å². The van der Waals surface area contributed by atoms with Gasteiger partial charge in [0.2, 0.25) is 5.82 Å². The summed E-state index contributed by atoms with van der Waals surface area (Å²) in [5.41, 5.74) is 4.08. The molecule has 0 spiro atoms. The zero-order valence-corrected chi connectivity index (χ0v) is 21.6. The Labute approximate surface area is 226 Å². The normalized spacial score (nSPS) is 15.2. The predicted octanol–water partition coefficient (Wildman–Crippen LogP) is 7.33. The number of halogens is 1. The molecule has 1 N–H and O–H groups in total. The zero-order chi connectivity index (χ0) is 26.5. The number of carbonyl (C=O) groups is 1. The van der Waals surface area contributed by atoms with Crippen molar-refractivity contribution >= 4 is 17.8 Å². The SMILES string of the molecule is C=CCC1(OC(=O)O)CCN(Cc2ccc(-c3noc(-c4ccc(-c5ccccc5)c(Cl)c4)n3)cc2)CC1. The quantitative estimate of drug-likeness (QED) is 0.189. The third kappa shape index (κ3) is 5.79. The van der Waals surface area contributed by atoms with Crippen LogP contribution in [0.1, 0.15) is 24.8 Å². The van der Waals surface area contributed by atoms with E-state index in [0.29, 0.717) is 36.0 Å². The number of piperidine rings is 1. The van der Waals surface area contributed by atoms with E-state index in [0.717, 1.165) is 47.5 Å². The Balaban J connectivity index is 1.23. The molecule has 38 heavy (non-hydrogen) atoms. The molecule has 4 aromatic rings. The summed E-state index contributed by atoms with van der Waals surface area (Å²) < 4.78 is 10.8. The van der Waals surface area contributed by atoms with Crippen LogP contribution in [0.25, 0.3) is 34.0 Å². The number of aromatic nitrogens is 2. The number of hydrogen-bond acceptors (Lipinski definition) is 6. The molecule has 1 fully saturated rings. The Morgan fingerprint density at radius 1 is 1.05 bits per heavy atom. The summed E-state index contributed by atoms with van der Waals surface area (Å²) in [5, 5.41) is 13.9. The summed E-state index contributed by atoms with van der Waals surface area (Å²) in [7, 11) is 0. The Bertz CT molecular complexity index is 1410. The van der Waals surface area contributed by atoms with Gasteiger partial charge in [-0.3, -0.25) is 4.90 Å². The largest absolute Gasteiger partial charge is 0.506 e. The molecule has 0 aliphatic carbocycles. The summed E-state index contributed by atoms with van der Waals surface area (Å²) in [5.74, 6) is 0.915. The Morgan fingerprint density at radius 2 is 1.76 bits per heavy atom. The van der Waals surface area contributed by atoms with Crippen LogP contribution in [-0.2, 0) is 11.3 Å². The van der Waals surface area contributed by atoms with E-state index in [1.54, 1.807) is 6.08 Å². The fourth-order valence-electron chi connectivity index (χ4n) is 4.89. The average molecular weight is 530 g/mol. The predicted molar refractivity (Wildman–Crippen MR) is 147 cm³/mol. The molecule has 0 unspecified atom stereocenters. The maximum atomic E-state index is 11.1. The second kappa shape index (κ2) is 11.2. The minimum atomic E-state index is -1.23. The molecule has 1 aromatic heterocycles. The van der Waals surface area contributed by atoms with Crippen LogP contribution in [-0.4, -0.2) is 45.0 Å². The highest BCUT2D eigenvalue weighted by atomic mass is 35.5. The van der Waals surface area contributed by atoms with Gasteiger partial charge in [0.25, 0.3) is 5.89 Å². The van der Waals surface area contributed by atoms with Crippen molar-refractivity contribution in [2.24, 2.45) is 0 Å². The van der Waals surface area contributed by atoms with Crippen molar-refractivity contribution in [1.82, 2.24) is 15.0 Å². The van der Waals surface area contributed by atoms with Crippen LogP contribution in [0.3, 0.4) is 0 Å². The van der Waals surface area contributed by atoms with Crippen LogP contribution in [0.15, 0.2) is 90.0 Å². The molecule has 0 atom stereocenters. The number of likely N-dealkylation sites (tertiary alicyclic amines) is 1. The highest BCUT2D eigenvalue weighted by Gasteiger charge is 2.37. The van der Waals surface area contributed by atoms with E-state index in [2.05, 4.69) is 33.8 Å². The fourth-order valence-corrected chi connectivity index (χ4v) is 5.18. The highest BCUT2D eigenvalue weighted by Crippen LogP contribution is 2.33. The lowest BCUT2D eigenvalue weighted by Gasteiger charge is -2.40. The Kier molecular flexibility index (Phi) is 7.58. The molecule has 8 heteroatoms. The maximum absolute atomic E-state index is 11.1. The number of rotatable bonds is 8. The molecule has 7 nitrogen and oxygen atoms in total. The number of benzene rings is 3. The number of ether oxygens (including phenoxy) is 1. The molecule has 1 saturated heterocycles. The van der Waals surface area contributed by atoms with Crippen LogP contribution < -0.4 is 0 Å². The summed E-state index contributed by atoms with van der Waals surface area (Å²) in [6.07, 6.45) is 2.32. The molecule has 5 rings (SSSR count). The molecular weight excluding hydrogens is 502 g/mol. The van der Waals surface area contributed by atoms with Crippen LogP contribution in [0.2, 0.25) is 5.02 Å². The first kappa shape index (κ1) is 25.7. The molecule has 0 bridgehead atoms. The first-order valence-corrected chi connectivity index (χ1v) is 12.9. The van der Waals surface area contributed by atoms with Gasteiger partial charge >= 0.3 is 6.16 Å². The molecule has 0 amide bonds. The minimum Gasteiger partial charge on any atom is -0.450 e. The van der Waals surface area contributed by atoms with Gasteiger partial charge in [0.15, 0.2) is 0 Å². The van der Waals surface area contributed by atoms with Crippen LogP contribution in [0, 0.1) is 0 Å². The number of nitrogens with zero attached hydrogens (tertiary/aromatic N) is 3. The summed E-state index contributed by atoms with van der Waals surface area (Å²) in [6.45, 7) is 6.03. The second-order valence-electron chi connectivity index (χ2n) is 9.50. The molecule has 0 saturated carbocycles. The van der Waals surface area contributed by atoms with Gasteiger partial charge < -0.3 is 14.4 Å². The summed E-state index contributed by atoms with van der Waals surface area (Å²) in [6, 6.07) is 23.8. The number of hydrogen-bond donors (Lipinski definition) is 1. The summed E-state index contributed by atoms with van der Waals surface area (Å²) in [4.78, 5) is 18.0. The average Bonchev–Trinajstić information content (AvgIpc) is 3.41. The van der Waals surface area contributed by atoms with Crippen molar-refractivity contribution in [3.63, 3.8) is 0 Å². The molecular formula is C30H28ClN3O4. The zero-order valence-electron chi connectivity index (χ0n) is 20.8. The van der Waals surface area contributed by atoms with E-state index in [1.165, 1.54) is 0 Å². The lowest BCUT2D eigenvalue weighted by molar-refractivity contribution is -0.0554. The summed E-state index contributed by atoms with van der Waals surface area (Å²) >= 11 is 6.56. The van der Waals surface area contributed by atoms with Crippen LogP contribution in [0.4, 0.5) is 4.79 Å². The van der Waals surface area contributed by atoms with Gasteiger partial charge in [-0.2, -0.15) is 4.98 Å². The molecule has 1 aliphatic rings. The smallest absolute Gasteiger partial charge is 0.450 e. The maximum Gasteiger partial charge on any atom is 0.506 e. The monoisotopic (exact) mass is 529 g/mol. The highest BCUT2D eigenvalue weighted by molar-refractivity contribution is 6.33. The van der Waals surface area contributed by atoms with Crippen molar-refractivity contribution in [3.05, 3.63) is 96.0 Å². The van der Waals surface area contributed by atoms with Gasteiger partial charge in [0.1, 0.15) is 5.60 Å². The standard InChI is InChI=1S/C30H28ClN3O4/c1-2-14-30(37-29(35)36)15-17-34(18-16-30)20-21-8-10-23(11-9-21)27-32-28(38-33-27)24-12-13-25(26(31)19-24)22-6-4-3-5-7-22/h2-13,19H,1,14-18,20H2,(H,35,36). The van der Waals surface area contributed by atoms with E-state index in [9.17, 15) is 4.79 Å². The molecule has 2 heterocycles. The lowest BCUT2D eigenvalue weighted by Crippen LogP contribution is -2.46. The molecule has 1 aliphatic heterocycles. The van der Waals surface area contributed by atoms with Crippen molar-refractivity contribution < 1.29 is 19.2 Å². The van der Waals surface area contributed by atoms with Crippen molar-refractivity contribution in [3.8, 4) is 34.0 Å². The van der Waals surface area contributed by atoms with Crippen molar-refractivity contribution in [1.29, 1.82) is 0 Å². The number of carboxylic acid groups (broad SMARTS) is 1.